The lowest BCUT2D eigenvalue weighted by atomic mass is 10.1. The van der Waals surface area contributed by atoms with Gasteiger partial charge in [-0.2, -0.15) is 4.98 Å². The second-order valence-corrected chi connectivity index (χ2v) is 10.6. The Bertz CT molecular complexity index is 1510. The third-order valence-electron chi connectivity index (χ3n) is 7.35. The molecule has 0 aliphatic carbocycles. The van der Waals surface area contributed by atoms with Gasteiger partial charge in [0.05, 0.1) is 23.0 Å². The van der Waals surface area contributed by atoms with Crippen molar-refractivity contribution in [1.82, 2.24) is 19.4 Å². The minimum absolute atomic E-state index is 0. The molecule has 4 aromatic rings. The molecule has 39 heavy (non-hydrogen) atoms. The average molecular weight is 538 g/mol. The van der Waals surface area contributed by atoms with Crippen molar-refractivity contribution in [2.45, 2.75) is 45.8 Å². The van der Waals surface area contributed by atoms with Gasteiger partial charge in [0.25, 0.3) is 0 Å². The SMILES string of the molecule is Cc1cc(N(C)C[C@H]2CCCN2C)c(N)cc1Nc1ncc(C(=O)OC(C)C)c(-n2ccc3ccccc32)n1.[3HH].[3H][3H]. The lowest BCUT2D eigenvalue weighted by Gasteiger charge is -2.29. The van der Waals surface area contributed by atoms with Crippen molar-refractivity contribution >= 4 is 39.9 Å². The molecule has 9 nitrogen and oxygen atoms in total. The van der Waals surface area contributed by atoms with Crippen LogP contribution in [0.25, 0.3) is 16.7 Å². The van der Waals surface area contributed by atoms with E-state index < -0.39 is 5.97 Å². The number of carbonyl (C=O) groups is 1. The average Bonchev–Trinajstić information content (AvgIpc) is 3.57. The number of anilines is 4. The summed E-state index contributed by atoms with van der Waals surface area (Å²) in [6.45, 7) is 7.75. The van der Waals surface area contributed by atoms with E-state index >= 15 is 0 Å². The largest absolute Gasteiger partial charge is 0.459 e. The molecule has 0 spiro atoms. The number of benzene rings is 2. The van der Waals surface area contributed by atoms with Gasteiger partial charge in [0.1, 0.15) is 5.56 Å². The van der Waals surface area contributed by atoms with Gasteiger partial charge < -0.3 is 30.2 Å². The minimum Gasteiger partial charge on any atom is -0.459 e. The first-order valence-corrected chi connectivity index (χ1v) is 13.4. The Labute approximate surface area is 234 Å². The van der Waals surface area contributed by atoms with E-state index in [1.165, 1.54) is 19.0 Å². The van der Waals surface area contributed by atoms with Gasteiger partial charge in [0.2, 0.25) is 5.95 Å². The monoisotopic (exact) mass is 537 g/mol. The number of likely N-dealkylation sites (N-methyl/N-ethyl adjacent to an activating group) is 2. The summed E-state index contributed by atoms with van der Waals surface area (Å²) in [5.41, 5.74) is 11.3. The summed E-state index contributed by atoms with van der Waals surface area (Å²) < 4.78 is 17.4. The normalized spacial score (nSPS) is 15.9. The Morgan fingerprint density at radius 2 is 2.10 bits per heavy atom. The molecule has 1 aliphatic heterocycles. The van der Waals surface area contributed by atoms with Crippen LogP contribution in [0.4, 0.5) is 23.0 Å². The number of hydrogen-bond donors (Lipinski definition) is 2. The number of para-hydroxylation sites is 1. The number of esters is 1. The van der Waals surface area contributed by atoms with Gasteiger partial charge in [-0.3, -0.25) is 0 Å². The zero-order valence-corrected chi connectivity index (χ0v) is 23.3. The molecule has 2 aromatic carbocycles. The third-order valence-corrected chi connectivity index (χ3v) is 7.35. The fourth-order valence-electron chi connectivity index (χ4n) is 5.23. The Morgan fingerprint density at radius 1 is 1.31 bits per heavy atom. The number of carbonyl (C=O) groups excluding carboxylic acids is 1. The lowest BCUT2D eigenvalue weighted by molar-refractivity contribution is 0.0377. The van der Waals surface area contributed by atoms with Gasteiger partial charge >= 0.3 is 5.97 Å². The van der Waals surface area contributed by atoms with Crippen LogP contribution in [0.2, 0.25) is 0 Å². The molecule has 0 amide bonds. The number of rotatable bonds is 8. The number of likely N-dealkylation sites (tertiary alicyclic amines) is 1. The molecule has 3 N–H and O–H groups in total. The molecule has 1 fully saturated rings. The summed E-state index contributed by atoms with van der Waals surface area (Å²) in [5, 5.41) is 4.36. The first-order chi connectivity index (χ1) is 19.7. The van der Waals surface area contributed by atoms with Gasteiger partial charge in [0, 0.05) is 42.1 Å². The maximum atomic E-state index is 13.0. The van der Waals surface area contributed by atoms with Crippen LogP contribution in [0.15, 0.2) is 54.9 Å². The number of aromatic nitrogens is 3. The Kier molecular flexibility index (Phi) is 7.06. The standard InChI is InChI=1S/C30H37N7O2.2H2/c1-19(2)39-29(38)23-17-32-30(34-28(23)37-14-12-21-9-6-7-11-26(21)37)33-25-16-24(31)27(15-20(25)3)36(5)18-22-10-8-13-35(22)4;;/h6-7,9,11-12,14-17,19,22H,8,10,13,18,31H2,1-5H3,(H,32,33,34);2*1H/t22-;;/m1../s1/i;1+2T;1+2. The summed E-state index contributed by atoms with van der Waals surface area (Å²) >= 11 is 0. The maximum Gasteiger partial charge on any atom is 0.343 e. The highest BCUT2D eigenvalue weighted by atomic mass is 16.5. The highest BCUT2D eigenvalue weighted by Gasteiger charge is 2.24. The van der Waals surface area contributed by atoms with Crippen molar-refractivity contribution in [1.29, 1.82) is 0 Å². The van der Waals surface area contributed by atoms with Crippen LogP contribution >= 0.6 is 0 Å². The van der Waals surface area contributed by atoms with Crippen molar-refractivity contribution in [2.75, 3.05) is 43.1 Å². The van der Waals surface area contributed by atoms with Gasteiger partial charge in [-0.15, -0.1) is 0 Å². The van der Waals surface area contributed by atoms with Crippen LogP contribution in [-0.4, -0.2) is 64.7 Å². The van der Waals surface area contributed by atoms with E-state index in [-0.39, 0.29) is 7.53 Å². The zero-order chi connectivity index (χ0) is 29.7. The van der Waals surface area contributed by atoms with Crippen molar-refractivity contribution in [3.8, 4) is 5.82 Å². The summed E-state index contributed by atoms with van der Waals surface area (Å²) in [6, 6.07) is 14.5. The Morgan fingerprint density at radius 3 is 2.85 bits per heavy atom. The third kappa shape index (κ3) is 5.54. The molecule has 1 saturated heterocycles. The van der Waals surface area contributed by atoms with Crippen molar-refractivity contribution in [3.05, 3.63) is 66.0 Å². The molecular formula is C30H41N7O2. The maximum absolute atomic E-state index is 13.0. The molecule has 0 radical (unpaired) electrons. The van der Waals surface area contributed by atoms with Crippen LogP contribution in [0.3, 0.4) is 0 Å². The number of nitrogens with two attached hydrogens (primary N) is 1. The molecule has 1 aliphatic rings. The quantitative estimate of drug-likeness (QED) is 0.220. The number of nitrogens with zero attached hydrogens (tertiary/aromatic N) is 5. The number of fused-ring (bicyclic) bond motifs is 1. The van der Waals surface area contributed by atoms with Crippen LogP contribution in [0, 0.1) is 6.92 Å². The molecule has 2 aromatic heterocycles. The number of nitrogen functional groups attached to an aromatic ring is 1. The summed E-state index contributed by atoms with van der Waals surface area (Å²) in [5.74, 6) is 0.340. The van der Waals surface area contributed by atoms with Crippen LogP contribution in [-0.2, 0) is 4.74 Å². The topological polar surface area (TPSA) is 102 Å². The lowest BCUT2D eigenvalue weighted by Crippen LogP contribution is -2.36. The van der Waals surface area contributed by atoms with Gasteiger partial charge in [-0.1, -0.05) is 18.2 Å². The zero-order valence-electron chi connectivity index (χ0n) is 25.3. The predicted molar refractivity (Wildman–Crippen MR) is 161 cm³/mol. The molecule has 9 heteroatoms. The first kappa shape index (κ1) is 25.2. The van der Waals surface area contributed by atoms with E-state index in [2.05, 4.69) is 40.3 Å². The molecule has 0 bridgehead atoms. The summed E-state index contributed by atoms with van der Waals surface area (Å²) in [6.07, 6.45) is 5.60. The van der Waals surface area contributed by atoms with E-state index in [0.717, 1.165) is 40.9 Å². The highest BCUT2D eigenvalue weighted by Crippen LogP contribution is 2.32. The smallest absolute Gasteiger partial charge is 0.343 e. The molecule has 5 rings (SSSR count). The number of nitrogens with one attached hydrogen (secondary N) is 1. The second kappa shape index (κ2) is 10.9. The summed E-state index contributed by atoms with van der Waals surface area (Å²) in [4.78, 5) is 26.9. The van der Waals surface area contributed by atoms with Crippen molar-refractivity contribution in [3.63, 3.8) is 0 Å². The van der Waals surface area contributed by atoms with Gasteiger partial charge in [-0.05, 0) is 82.4 Å². The molecular weight excluding hydrogens is 490 g/mol. The molecule has 0 saturated carbocycles. The summed E-state index contributed by atoms with van der Waals surface area (Å²) in [7, 11) is 4.28. The molecule has 1 atom stereocenters. The Balaban J connectivity index is 0.00000158. The number of hydrogen-bond acceptors (Lipinski definition) is 8. The van der Waals surface area contributed by atoms with Gasteiger partial charge in [0.15, 0.2) is 5.82 Å². The highest BCUT2D eigenvalue weighted by molar-refractivity contribution is 5.94. The molecule has 3 heterocycles. The fourth-order valence-corrected chi connectivity index (χ4v) is 5.23. The van der Waals surface area contributed by atoms with Gasteiger partial charge in [-0.25, -0.2) is 9.78 Å². The first-order valence-electron chi connectivity index (χ1n) is 14.4. The van der Waals surface area contributed by atoms with Crippen molar-refractivity contribution in [2.24, 2.45) is 0 Å². The Hall–Kier alpha value is -4.11. The number of aryl methyl sites for hydroxylation is 1. The van der Waals surface area contributed by atoms with E-state index in [9.17, 15) is 4.79 Å². The van der Waals surface area contributed by atoms with Crippen molar-refractivity contribution < 1.29 is 13.9 Å². The fraction of sp³-hybridized carbons (Fsp3) is 0.367. The van der Waals surface area contributed by atoms with E-state index in [0.29, 0.717) is 29.1 Å². The van der Waals surface area contributed by atoms with Crippen LogP contribution in [0.1, 0.15) is 47.0 Å². The molecule has 0 unspecified atom stereocenters. The van der Waals surface area contributed by atoms with E-state index in [1.54, 1.807) is 0 Å². The van der Waals surface area contributed by atoms with E-state index in [4.69, 9.17) is 18.4 Å². The minimum atomic E-state index is -0.468. The predicted octanol–water partition coefficient (Wildman–Crippen LogP) is 5.64. The van der Waals surface area contributed by atoms with Crippen LogP contribution in [0.5, 0.6) is 0 Å². The number of ether oxygens (including phenoxy) is 1. The van der Waals surface area contributed by atoms with E-state index in [1.807, 2.05) is 67.9 Å². The van der Waals surface area contributed by atoms with Crippen LogP contribution < -0.4 is 16.0 Å². The second-order valence-electron chi connectivity index (χ2n) is 10.6. The molecule has 208 valence electrons.